The van der Waals surface area contributed by atoms with Crippen molar-refractivity contribution in [3.63, 3.8) is 0 Å². The second-order valence-electron chi connectivity index (χ2n) is 2.77. The van der Waals surface area contributed by atoms with E-state index in [2.05, 4.69) is 9.97 Å². The van der Waals surface area contributed by atoms with Gasteiger partial charge in [-0.25, -0.2) is 4.98 Å². The summed E-state index contributed by atoms with van der Waals surface area (Å²) in [4.78, 5) is 7.43. The summed E-state index contributed by atoms with van der Waals surface area (Å²) in [6.45, 7) is 0. The van der Waals surface area contributed by atoms with E-state index in [0.29, 0.717) is 0 Å². The molecule has 7 heteroatoms. The summed E-state index contributed by atoms with van der Waals surface area (Å²) < 4.78 is 4.89. The minimum atomic E-state index is -1.20. The van der Waals surface area contributed by atoms with Crippen molar-refractivity contribution in [2.75, 3.05) is 13.0 Å². The number of aromatic nitrogens is 2. The Hall–Kier alpha value is -0.620. The first-order valence-electron chi connectivity index (χ1n) is 4.08. The second-order valence-corrected chi connectivity index (χ2v) is 3.42. The van der Waals surface area contributed by atoms with Crippen LogP contribution in [-0.2, 0) is 0 Å². The van der Waals surface area contributed by atoms with Crippen LogP contribution in [0.2, 0.25) is 5.28 Å². The highest BCUT2D eigenvalue weighted by molar-refractivity contribution is 6.28. The lowest BCUT2D eigenvalue weighted by Crippen LogP contribution is -2.20. The fourth-order valence-electron chi connectivity index (χ4n) is 1.01. The Balaban J connectivity index is 3.02. The lowest BCUT2D eigenvalue weighted by Gasteiger charge is -2.16. The highest BCUT2D eigenvalue weighted by Crippen LogP contribution is 2.26. The zero-order valence-electron chi connectivity index (χ0n) is 7.89. The molecule has 1 aromatic heterocycles. The van der Waals surface area contributed by atoms with E-state index in [1.807, 2.05) is 0 Å². The SMILES string of the molecule is COc1nc(Cl)ncc1C(O)C(O)CCl. The first-order valence-corrected chi connectivity index (χ1v) is 5.00. The number of aliphatic hydroxyl groups excluding tert-OH is 2. The number of hydrogen-bond donors (Lipinski definition) is 2. The first-order chi connectivity index (χ1) is 7.10. The monoisotopic (exact) mass is 252 g/mol. The predicted molar refractivity (Wildman–Crippen MR) is 55.3 cm³/mol. The molecule has 0 aromatic carbocycles. The molecule has 0 saturated carbocycles. The molecule has 2 atom stereocenters. The lowest BCUT2D eigenvalue weighted by atomic mass is 10.1. The van der Waals surface area contributed by atoms with Crippen molar-refractivity contribution in [3.05, 3.63) is 17.0 Å². The molecule has 0 spiro atoms. The third kappa shape index (κ3) is 2.92. The molecule has 0 radical (unpaired) electrons. The van der Waals surface area contributed by atoms with E-state index < -0.39 is 12.2 Å². The second kappa shape index (κ2) is 5.46. The van der Waals surface area contributed by atoms with E-state index in [9.17, 15) is 10.2 Å². The molecule has 2 N–H and O–H groups in total. The van der Waals surface area contributed by atoms with Gasteiger partial charge in [0.25, 0.3) is 0 Å². The zero-order valence-corrected chi connectivity index (χ0v) is 9.40. The van der Waals surface area contributed by atoms with E-state index in [0.717, 1.165) is 0 Å². The summed E-state index contributed by atoms with van der Waals surface area (Å²) in [6.07, 6.45) is -1.02. The quantitative estimate of drug-likeness (QED) is 0.612. The van der Waals surface area contributed by atoms with E-state index in [-0.39, 0.29) is 22.6 Å². The number of halogens is 2. The van der Waals surface area contributed by atoms with E-state index in [1.54, 1.807) is 0 Å². The lowest BCUT2D eigenvalue weighted by molar-refractivity contribution is 0.0306. The Labute approximate surface area is 96.6 Å². The molecule has 0 saturated heterocycles. The number of aliphatic hydroxyl groups is 2. The van der Waals surface area contributed by atoms with Gasteiger partial charge in [-0.3, -0.25) is 0 Å². The van der Waals surface area contributed by atoms with Gasteiger partial charge in [-0.1, -0.05) is 0 Å². The molecule has 0 fully saturated rings. The van der Waals surface area contributed by atoms with Gasteiger partial charge in [0.05, 0.1) is 24.7 Å². The van der Waals surface area contributed by atoms with Gasteiger partial charge >= 0.3 is 0 Å². The third-order valence-corrected chi connectivity index (χ3v) is 2.28. The van der Waals surface area contributed by atoms with Crippen molar-refractivity contribution in [1.29, 1.82) is 0 Å². The molecule has 1 aromatic rings. The van der Waals surface area contributed by atoms with Crippen LogP contribution in [-0.4, -0.2) is 39.3 Å². The molecule has 0 aliphatic carbocycles. The molecule has 5 nitrogen and oxygen atoms in total. The van der Waals surface area contributed by atoms with Gasteiger partial charge in [0, 0.05) is 6.20 Å². The van der Waals surface area contributed by atoms with Crippen molar-refractivity contribution in [2.45, 2.75) is 12.2 Å². The van der Waals surface area contributed by atoms with Crippen molar-refractivity contribution in [2.24, 2.45) is 0 Å². The minimum Gasteiger partial charge on any atom is -0.481 e. The van der Waals surface area contributed by atoms with Crippen LogP contribution >= 0.6 is 23.2 Å². The normalized spacial score (nSPS) is 14.7. The number of nitrogens with zero attached hydrogens (tertiary/aromatic N) is 2. The summed E-state index contributed by atoms with van der Waals surface area (Å²) in [6, 6.07) is 0. The first kappa shape index (κ1) is 12.4. The van der Waals surface area contributed by atoms with Crippen LogP contribution in [0, 0.1) is 0 Å². The Kier molecular flexibility index (Phi) is 4.53. The van der Waals surface area contributed by atoms with Gasteiger partial charge in [0.1, 0.15) is 6.10 Å². The standard InChI is InChI=1S/C8H10Cl2N2O3/c1-15-7-4(3-11-8(10)12-7)6(14)5(13)2-9/h3,5-6,13-14H,2H2,1H3. The number of alkyl halides is 1. The van der Waals surface area contributed by atoms with Crippen molar-refractivity contribution < 1.29 is 14.9 Å². The number of ether oxygens (including phenoxy) is 1. The van der Waals surface area contributed by atoms with E-state index in [1.165, 1.54) is 13.3 Å². The highest BCUT2D eigenvalue weighted by atomic mass is 35.5. The van der Waals surface area contributed by atoms with Crippen LogP contribution in [0.5, 0.6) is 5.88 Å². The smallest absolute Gasteiger partial charge is 0.225 e. The number of methoxy groups -OCH3 is 1. The van der Waals surface area contributed by atoms with E-state index >= 15 is 0 Å². The van der Waals surface area contributed by atoms with Gasteiger partial charge in [0.15, 0.2) is 0 Å². The molecule has 1 rings (SSSR count). The van der Waals surface area contributed by atoms with E-state index in [4.69, 9.17) is 27.9 Å². The average molecular weight is 253 g/mol. The molecule has 0 aliphatic rings. The van der Waals surface area contributed by atoms with Gasteiger partial charge in [-0.2, -0.15) is 4.98 Å². The third-order valence-electron chi connectivity index (χ3n) is 1.79. The maximum absolute atomic E-state index is 9.65. The van der Waals surface area contributed by atoms with Crippen molar-refractivity contribution in [3.8, 4) is 5.88 Å². The van der Waals surface area contributed by atoms with Crippen LogP contribution < -0.4 is 4.74 Å². The van der Waals surface area contributed by atoms with Gasteiger partial charge in [-0.05, 0) is 11.6 Å². The fourth-order valence-corrected chi connectivity index (χ4v) is 1.31. The number of rotatable bonds is 4. The maximum Gasteiger partial charge on any atom is 0.225 e. The van der Waals surface area contributed by atoms with Crippen LogP contribution in [0.15, 0.2) is 6.20 Å². The van der Waals surface area contributed by atoms with Crippen LogP contribution in [0.4, 0.5) is 0 Å². The molecular formula is C8H10Cl2N2O3. The zero-order chi connectivity index (χ0) is 11.4. The Morgan fingerprint density at radius 1 is 1.53 bits per heavy atom. The van der Waals surface area contributed by atoms with Crippen molar-refractivity contribution in [1.82, 2.24) is 9.97 Å². The van der Waals surface area contributed by atoms with Crippen LogP contribution in [0.1, 0.15) is 11.7 Å². The van der Waals surface area contributed by atoms with Crippen LogP contribution in [0.3, 0.4) is 0 Å². The topological polar surface area (TPSA) is 75.5 Å². The summed E-state index contributed by atoms with van der Waals surface area (Å²) in [5.41, 5.74) is 0.245. The molecular weight excluding hydrogens is 243 g/mol. The molecule has 0 amide bonds. The van der Waals surface area contributed by atoms with Gasteiger partial charge in [-0.15, -0.1) is 11.6 Å². The summed E-state index contributed by atoms with van der Waals surface area (Å²) >= 11 is 10.9. The predicted octanol–water partition coefficient (Wildman–Crippen LogP) is 0.772. The molecule has 0 aliphatic heterocycles. The van der Waals surface area contributed by atoms with Crippen LogP contribution in [0.25, 0.3) is 0 Å². The van der Waals surface area contributed by atoms with Gasteiger partial charge in [0.2, 0.25) is 11.2 Å². The minimum absolute atomic E-state index is 0.00293. The maximum atomic E-state index is 9.65. The summed E-state index contributed by atoms with van der Waals surface area (Å²) in [7, 11) is 1.38. The van der Waals surface area contributed by atoms with Gasteiger partial charge < -0.3 is 14.9 Å². The average Bonchev–Trinajstić information content (AvgIpc) is 2.26. The summed E-state index contributed by atoms with van der Waals surface area (Å²) in [5, 5.41) is 19.0. The Morgan fingerprint density at radius 3 is 2.73 bits per heavy atom. The molecule has 0 bridgehead atoms. The Morgan fingerprint density at radius 2 is 2.20 bits per heavy atom. The molecule has 1 heterocycles. The number of hydrogen-bond acceptors (Lipinski definition) is 5. The molecule has 15 heavy (non-hydrogen) atoms. The summed E-state index contributed by atoms with van der Waals surface area (Å²) in [5.74, 6) is 0.0131. The Bertz CT molecular complexity index is 338. The molecule has 84 valence electrons. The fraction of sp³-hybridized carbons (Fsp3) is 0.500. The van der Waals surface area contributed by atoms with Crippen molar-refractivity contribution >= 4 is 23.2 Å². The molecule has 2 unspecified atom stereocenters. The largest absolute Gasteiger partial charge is 0.481 e. The highest BCUT2D eigenvalue weighted by Gasteiger charge is 2.22.